The molecule has 2 aromatic carbocycles. The van der Waals surface area contributed by atoms with E-state index in [9.17, 15) is 22.4 Å². The maximum Gasteiger partial charge on any atom is 0.244 e. The summed E-state index contributed by atoms with van der Waals surface area (Å²) in [5, 5.41) is 2.90. The highest BCUT2D eigenvalue weighted by molar-refractivity contribution is 7.92. The molecule has 1 atom stereocenters. The third-order valence-electron chi connectivity index (χ3n) is 5.16. The zero-order chi connectivity index (χ0) is 25.7. The Morgan fingerprint density at radius 3 is 2.15 bits per heavy atom. The van der Waals surface area contributed by atoms with Crippen LogP contribution in [0.5, 0.6) is 0 Å². The number of para-hydroxylation sites is 1. The Balaban J connectivity index is 2.46. The molecule has 2 amide bonds. The minimum Gasteiger partial charge on any atom is -0.350 e. The van der Waals surface area contributed by atoms with Crippen molar-refractivity contribution < 1.29 is 22.4 Å². The van der Waals surface area contributed by atoms with E-state index in [4.69, 9.17) is 0 Å². The molecule has 34 heavy (non-hydrogen) atoms. The minimum absolute atomic E-state index is 0.101. The van der Waals surface area contributed by atoms with Crippen molar-refractivity contribution in [3.8, 4) is 0 Å². The van der Waals surface area contributed by atoms with E-state index in [0.717, 1.165) is 27.8 Å². The molecule has 0 aromatic heterocycles. The quantitative estimate of drug-likeness (QED) is 0.581. The summed E-state index contributed by atoms with van der Waals surface area (Å²) < 4.78 is 40.2. The molecule has 0 aliphatic heterocycles. The van der Waals surface area contributed by atoms with Gasteiger partial charge in [-0.3, -0.25) is 13.9 Å². The summed E-state index contributed by atoms with van der Waals surface area (Å²) in [4.78, 5) is 28.0. The van der Waals surface area contributed by atoms with Crippen LogP contribution in [0.15, 0.2) is 48.5 Å². The molecule has 0 saturated heterocycles. The number of nitrogens with one attached hydrogen (secondary N) is 1. The van der Waals surface area contributed by atoms with Crippen LogP contribution in [0.4, 0.5) is 10.1 Å². The molecule has 1 unspecified atom stereocenters. The van der Waals surface area contributed by atoms with Gasteiger partial charge in [-0.15, -0.1) is 0 Å². The second-order valence-corrected chi connectivity index (χ2v) is 11.3. The van der Waals surface area contributed by atoms with E-state index in [0.29, 0.717) is 6.42 Å². The lowest BCUT2D eigenvalue weighted by molar-refractivity contribution is -0.141. The predicted octanol–water partition coefficient (Wildman–Crippen LogP) is 3.62. The first-order valence-electron chi connectivity index (χ1n) is 11.1. The summed E-state index contributed by atoms with van der Waals surface area (Å²) in [7, 11) is -3.98. The highest BCUT2D eigenvalue weighted by atomic mass is 32.2. The molecule has 0 heterocycles. The number of carbonyl (C=O) groups excluding carboxylic acids is 2. The van der Waals surface area contributed by atoms with Crippen LogP contribution in [0.1, 0.15) is 45.2 Å². The van der Waals surface area contributed by atoms with Gasteiger partial charge in [0.25, 0.3) is 0 Å². The lowest BCUT2D eigenvalue weighted by Gasteiger charge is -2.34. The van der Waals surface area contributed by atoms with Crippen molar-refractivity contribution in [2.75, 3.05) is 17.1 Å². The van der Waals surface area contributed by atoms with Crippen molar-refractivity contribution in [3.05, 3.63) is 65.5 Å². The molecule has 7 nitrogen and oxygen atoms in total. The third kappa shape index (κ3) is 7.55. The van der Waals surface area contributed by atoms with Gasteiger partial charge in [-0.25, -0.2) is 12.8 Å². The molecule has 0 aliphatic carbocycles. The van der Waals surface area contributed by atoms with E-state index >= 15 is 0 Å². The lowest BCUT2D eigenvalue weighted by atomic mass is 10.1. The van der Waals surface area contributed by atoms with Crippen molar-refractivity contribution in [2.45, 2.75) is 59.2 Å². The Morgan fingerprint density at radius 1 is 1.06 bits per heavy atom. The molecule has 0 bridgehead atoms. The van der Waals surface area contributed by atoms with Gasteiger partial charge in [-0.1, -0.05) is 48.9 Å². The zero-order valence-electron chi connectivity index (χ0n) is 20.6. The normalized spacial score (nSPS) is 12.7. The number of hydrogen-bond acceptors (Lipinski definition) is 4. The van der Waals surface area contributed by atoms with Gasteiger partial charge in [-0.2, -0.15) is 0 Å². The molecular weight excluding hydrogens is 457 g/mol. The Labute approximate surface area is 202 Å². The Bertz CT molecular complexity index is 1110. The van der Waals surface area contributed by atoms with E-state index in [1.807, 2.05) is 52.0 Å². The minimum atomic E-state index is -3.98. The summed E-state index contributed by atoms with van der Waals surface area (Å²) >= 11 is 0. The number of carbonyl (C=O) groups is 2. The first-order chi connectivity index (χ1) is 15.7. The zero-order valence-corrected chi connectivity index (χ0v) is 21.4. The number of anilines is 1. The largest absolute Gasteiger partial charge is 0.350 e. The van der Waals surface area contributed by atoms with Crippen molar-refractivity contribution >= 4 is 27.5 Å². The second kappa shape index (κ2) is 11.0. The lowest BCUT2D eigenvalue weighted by Crippen LogP contribution is -2.55. The summed E-state index contributed by atoms with van der Waals surface area (Å²) in [5.41, 5.74) is 1.09. The molecule has 0 aliphatic rings. The van der Waals surface area contributed by atoms with Gasteiger partial charge < -0.3 is 10.2 Å². The van der Waals surface area contributed by atoms with Crippen molar-refractivity contribution in [3.63, 3.8) is 0 Å². The maximum atomic E-state index is 14.4. The number of hydrogen-bond donors (Lipinski definition) is 1. The molecule has 0 fully saturated rings. The molecular formula is C25H34FN3O4S. The highest BCUT2D eigenvalue weighted by Gasteiger charge is 2.33. The number of sulfonamides is 1. The Hall–Kier alpha value is -2.94. The summed E-state index contributed by atoms with van der Waals surface area (Å²) in [5.74, 6) is -1.71. The van der Waals surface area contributed by atoms with Gasteiger partial charge in [0.05, 0.1) is 11.9 Å². The van der Waals surface area contributed by atoms with E-state index in [-0.39, 0.29) is 18.1 Å². The Morgan fingerprint density at radius 2 is 1.65 bits per heavy atom. The monoisotopic (exact) mass is 491 g/mol. The SMILES string of the molecule is CCC(C(=O)NC(C)(C)C)N(Cc1ccc(C)cc1)C(=O)CN(c1ccccc1F)S(C)(=O)=O. The highest BCUT2D eigenvalue weighted by Crippen LogP contribution is 2.23. The molecule has 2 aromatic rings. The van der Waals surface area contributed by atoms with Crippen LogP contribution in [-0.4, -0.2) is 49.5 Å². The third-order valence-corrected chi connectivity index (χ3v) is 6.28. The molecule has 9 heteroatoms. The average Bonchev–Trinajstić information content (AvgIpc) is 2.71. The smallest absolute Gasteiger partial charge is 0.244 e. The van der Waals surface area contributed by atoms with Gasteiger partial charge in [0.15, 0.2) is 0 Å². The van der Waals surface area contributed by atoms with E-state index in [1.165, 1.54) is 23.1 Å². The van der Waals surface area contributed by atoms with Crippen LogP contribution in [-0.2, 0) is 26.2 Å². The van der Waals surface area contributed by atoms with Gasteiger partial charge in [0.1, 0.15) is 18.4 Å². The van der Waals surface area contributed by atoms with Crippen LogP contribution >= 0.6 is 0 Å². The first kappa shape index (κ1) is 27.3. The van der Waals surface area contributed by atoms with E-state index in [2.05, 4.69) is 5.32 Å². The molecule has 0 spiro atoms. The number of halogens is 1. The van der Waals surface area contributed by atoms with Gasteiger partial charge >= 0.3 is 0 Å². The van der Waals surface area contributed by atoms with Crippen LogP contribution in [0.2, 0.25) is 0 Å². The van der Waals surface area contributed by atoms with Crippen LogP contribution in [0, 0.1) is 12.7 Å². The fraction of sp³-hybridized carbons (Fsp3) is 0.440. The summed E-state index contributed by atoms with van der Waals surface area (Å²) in [6.07, 6.45) is 1.23. The van der Waals surface area contributed by atoms with Crippen molar-refractivity contribution in [2.24, 2.45) is 0 Å². The van der Waals surface area contributed by atoms with Crippen molar-refractivity contribution in [1.29, 1.82) is 0 Å². The first-order valence-corrected chi connectivity index (χ1v) is 13.0. The topological polar surface area (TPSA) is 86.8 Å². The van der Waals surface area contributed by atoms with Gasteiger partial charge in [0.2, 0.25) is 21.8 Å². The van der Waals surface area contributed by atoms with E-state index < -0.39 is 39.9 Å². The van der Waals surface area contributed by atoms with Gasteiger partial charge in [0, 0.05) is 12.1 Å². The van der Waals surface area contributed by atoms with E-state index in [1.54, 1.807) is 6.92 Å². The van der Waals surface area contributed by atoms with Crippen LogP contribution in [0.25, 0.3) is 0 Å². The molecule has 0 radical (unpaired) electrons. The molecule has 186 valence electrons. The number of nitrogens with zero attached hydrogens (tertiary/aromatic N) is 2. The maximum absolute atomic E-state index is 14.4. The standard InChI is InChI=1S/C25H34FN3O4S/c1-7-21(24(31)27-25(3,4)5)28(16-19-14-12-18(2)13-15-19)23(30)17-29(34(6,32)33)22-11-9-8-10-20(22)26/h8-15,21H,7,16-17H2,1-6H3,(H,27,31). The number of aryl methyl sites for hydroxylation is 1. The average molecular weight is 492 g/mol. The number of benzene rings is 2. The molecule has 1 N–H and O–H groups in total. The molecule has 0 saturated carbocycles. The Kier molecular flexibility index (Phi) is 8.83. The van der Waals surface area contributed by atoms with Crippen LogP contribution in [0.3, 0.4) is 0 Å². The summed E-state index contributed by atoms with van der Waals surface area (Å²) in [6.45, 7) is 8.72. The summed E-state index contributed by atoms with van der Waals surface area (Å²) in [6, 6.07) is 12.0. The number of rotatable bonds is 9. The fourth-order valence-electron chi connectivity index (χ4n) is 3.51. The predicted molar refractivity (Wildman–Crippen MR) is 132 cm³/mol. The van der Waals surface area contributed by atoms with Crippen LogP contribution < -0.4 is 9.62 Å². The molecule has 2 rings (SSSR count). The number of amides is 2. The van der Waals surface area contributed by atoms with Gasteiger partial charge in [-0.05, 0) is 51.8 Å². The van der Waals surface area contributed by atoms with Crippen molar-refractivity contribution in [1.82, 2.24) is 10.2 Å². The fourth-order valence-corrected chi connectivity index (χ4v) is 4.36. The second-order valence-electron chi connectivity index (χ2n) is 9.39.